The van der Waals surface area contributed by atoms with Gasteiger partial charge in [-0.3, -0.25) is 0 Å². The van der Waals surface area contributed by atoms with E-state index in [1.54, 1.807) is 21.0 Å². The number of hydrogen-bond donors (Lipinski definition) is 0. The lowest BCUT2D eigenvalue weighted by molar-refractivity contribution is 0.361. The Labute approximate surface area is 202 Å². The number of thioether (sulfide) groups is 1. The van der Waals surface area contributed by atoms with Gasteiger partial charge in [-0.1, -0.05) is 39.8 Å². The summed E-state index contributed by atoms with van der Waals surface area (Å²) in [5.74, 6) is 1.35. The highest BCUT2D eigenvalue weighted by Gasteiger charge is 2.15. The third-order valence-electron chi connectivity index (χ3n) is 4.10. The van der Waals surface area contributed by atoms with E-state index in [1.165, 1.54) is 17.3 Å². The van der Waals surface area contributed by atoms with Crippen LogP contribution in [0.5, 0.6) is 0 Å². The van der Waals surface area contributed by atoms with Crippen LogP contribution in [0.3, 0.4) is 0 Å². The first kappa shape index (κ1) is 23.9. The lowest BCUT2D eigenvalue weighted by atomic mass is 10.2. The minimum Gasteiger partial charge on any atom is -0.308 e. The summed E-state index contributed by atoms with van der Waals surface area (Å²) in [6.07, 6.45) is 0. The van der Waals surface area contributed by atoms with Gasteiger partial charge in [-0.25, -0.2) is 9.67 Å². The largest absolute Gasteiger partial charge is 0.308 e. The van der Waals surface area contributed by atoms with Crippen molar-refractivity contribution in [3.05, 3.63) is 46.1 Å². The molecule has 4 aromatic rings. The molecule has 0 radical (unpaired) electrons. The topological polar surface area (TPSA) is 89.9 Å². The molecule has 4 rings (SSSR count). The molecular weight excluding hydrogens is 522 g/mol. The molecule has 31 heavy (non-hydrogen) atoms. The van der Waals surface area contributed by atoms with Crippen LogP contribution in [0.1, 0.15) is 11.3 Å². The minimum atomic E-state index is 0. The minimum absolute atomic E-state index is 0. The summed E-state index contributed by atoms with van der Waals surface area (Å²) in [6, 6.07) is 10.2. The van der Waals surface area contributed by atoms with Crippen LogP contribution in [0.2, 0.25) is 0 Å². The molecule has 0 bridgehead atoms. The molecule has 0 amide bonds. The molecular formula is C18H21BrClN9S2. The average molecular weight is 543 g/mol. The number of likely N-dealkylation sites (N-methyl/N-ethyl adjacent to an activating group) is 1. The number of rotatable bonds is 8. The second-order valence-electron chi connectivity index (χ2n) is 6.85. The molecule has 0 spiro atoms. The van der Waals surface area contributed by atoms with Gasteiger partial charge in [0.2, 0.25) is 10.3 Å². The smallest absolute Gasteiger partial charge is 0.254 e. The van der Waals surface area contributed by atoms with Gasteiger partial charge >= 0.3 is 0 Å². The molecule has 0 saturated carbocycles. The molecule has 0 atom stereocenters. The van der Waals surface area contributed by atoms with E-state index in [-0.39, 0.29) is 12.4 Å². The number of halogens is 2. The summed E-state index contributed by atoms with van der Waals surface area (Å²) in [4.78, 5) is 11.2. The zero-order valence-electron chi connectivity index (χ0n) is 17.1. The van der Waals surface area contributed by atoms with Crippen molar-refractivity contribution in [1.82, 2.24) is 44.7 Å². The quantitative estimate of drug-likeness (QED) is 0.245. The highest BCUT2D eigenvalue weighted by molar-refractivity contribution is 9.10. The molecule has 0 aliphatic carbocycles. The molecule has 164 valence electrons. The number of tetrazole rings is 1. The first-order chi connectivity index (χ1) is 14.5. The van der Waals surface area contributed by atoms with Gasteiger partial charge in [-0.05, 0) is 67.0 Å². The van der Waals surface area contributed by atoms with Crippen LogP contribution in [0, 0.1) is 6.92 Å². The molecule has 3 heterocycles. The fraction of sp³-hybridized carbons (Fsp3) is 0.333. The standard InChI is InChI=1S/C18H20BrN9S2.ClH/c1-12-9-15(30-18-22-24-25-27(18)8-7-26(2)3)28-16(20-12)21-17(23-28)29-11-13-5-4-6-14(19)10-13;/h4-6,9-10H,7-8,11H2,1-3H3;1H. The predicted octanol–water partition coefficient (Wildman–Crippen LogP) is 3.61. The molecule has 0 aliphatic heterocycles. The molecule has 0 aliphatic rings. The van der Waals surface area contributed by atoms with Crippen LogP contribution in [0.25, 0.3) is 5.78 Å². The maximum Gasteiger partial charge on any atom is 0.254 e. The summed E-state index contributed by atoms with van der Waals surface area (Å²) in [5.41, 5.74) is 2.07. The number of aromatic nitrogens is 8. The van der Waals surface area contributed by atoms with Crippen LogP contribution in [-0.4, -0.2) is 65.3 Å². The van der Waals surface area contributed by atoms with Crippen molar-refractivity contribution in [3.63, 3.8) is 0 Å². The third kappa shape index (κ3) is 6.16. The molecule has 0 fully saturated rings. The highest BCUT2D eigenvalue weighted by atomic mass is 79.9. The normalized spacial score (nSPS) is 11.3. The van der Waals surface area contributed by atoms with E-state index >= 15 is 0 Å². The van der Waals surface area contributed by atoms with E-state index < -0.39 is 0 Å². The molecule has 9 nitrogen and oxygen atoms in total. The average Bonchev–Trinajstić information content (AvgIpc) is 3.31. The van der Waals surface area contributed by atoms with Gasteiger partial charge < -0.3 is 4.90 Å². The van der Waals surface area contributed by atoms with E-state index in [2.05, 4.69) is 63.6 Å². The Balaban J connectivity index is 0.00000272. The van der Waals surface area contributed by atoms with Crippen molar-refractivity contribution >= 4 is 57.6 Å². The van der Waals surface area contributed by atoms with E-state index in [0.717, 1.165) is 27.5 Å². The monoisotopic (exact) mass is 541 g/mol. The van der Waals surface area contributed by atoms with Crippen LogP contribution in [0.15, 0.2) is 50.1 Å². The maximum atomic E-state index is 4.66. The number of aryl methyl sites for hydroxylation is 1. The summed E-state index contributed by atoms with van der Waals surface area (Å²) in [6.45, 7) is 3.51. The van der Waals surface area contributed by atoms with Gasteiger partial charge in [-0.2, -0.15) is 9.50 Å². The molecule has 0 unspecified atom stereocenters. The van der Waals surface area contributed by atoms with E-state index in [9.17, 15) is 0 Å². The number of nitrogens with zero attached hydrogens (tertiary/aromatic N) is 9. The predicted molar refractivity (Wildman–Crippen MR) is 127 cm³/mol. The molecule has 13 heteroatoms. The Bertz CT molecular complexity index is 1160. The highest BCUT2D eigenvalue weighted by Crippen LogP contribution is 2.28. The van der Waals surface area contributed by atoms with Crippen LogP contribution in [0.4, 0.5) is 0 Å². The van der Waals surface area contributed by atoms with E-state index in [1.807, 2.05) is 39.2 Å². The number of fused-ring (bicyclic) bond motifs is 1. The van der Waals surface area contributed by atoms with E-state index in [0.29, 0.717) is 22.6 Å². The summed E-state index contributed by atoms with van der Waals surface area (Å²) in [5, 5.41) is 19.0. The van der Waals surface area contributed by atoms with Crippen molar-refractivity contribution < 1.29 is 0 Å². The lowest BCUT2D eigenvalue weighted by Gasteiger charge is -2.10. The van der Waals surface area contributed by atoms with Gasteiger partial charge in [0.25, 0.3) is 5.78 Å². The second kappa shape index (κ2) is 10.7. The second-order valence-corrected chi connectivity index (χ2v) is 9.70. The van der Waals surface area contributed by atoms with Gasteiger partial charge in [0, 0.05) is 22.5 Å². The Morgan fingerprint density at radius 3 is 2.77 bits per heavy atom. The first-order valence-electron chi connectivity index (χ1n) is 9.18. The fourth-order valence-corrected chi connectivity index (χ4v) is 4.79. The Hall–Kier alpha value is -1.73. The molecule has 0 saturated heterocycles. The van der Waals surface area contributed by atoms with Crippen molar-refractivity contribution in [1.29, 1.82) is 0 Å². The van der Waals surface area contributed by atoms with Crippen molar-refractivity contribution in [3.8, 4) is 0 Å². The first-order valence-corrected chi connectivity index (χ1v) is 11.8. The lowest BCUT2D eigenvalue weighted by Crippen LogP contribution is -2.19. The fourth-order valence-electron chi connectivity index (χ4n) is 2.64. The number of benzene rings is 1. The van der Waals surface area contributed by atoms with Crippen molar-refractivity contribution in [2.75, 3.05) is 20.6 Å². The van der Waals surface area contributed by atoms with Crippen LogP contribution >= 0.6 is 51.9 Å². The summed E-state index contributed by atoms with van der Waals surface area (Å²) < 4.78 is 4.62. The zero-order valence-corrected chi connectivity index (χ0v) is 21.2. The van der Waals surface area contributed by atoms with Crippen LogP contribution < -0.4 is 0 Å². The third-order valence-corrected chi connectivity index (χ3v) is 6.48. The maximum absolute atomic E-state index is 4.66. The zero-order chi connectivity index (χ0) is 21.1. The van der Waals surface area contributed by atoms with Crippen molar-refractivity contribution in [2.45, 2.75) is 34.6 Å². The molecule has 3 aromatic heterocycles. The Morgan fingerprint density at radius 1 is 1.16 bits per heavy atom. The number of hydrogen-bond acceptors (Lipinski definition) is 9. The SMILES string of the molecule is Cc1cc(Sc2nnnn2CCN(C)C)n2nc(SCc3cccc(Br)c3)nc2n1.Cl. The molecule has 0 N–H and O–H groups in total. The van der Waals surface area contributed by atoms with Gasteiger partial charge in [-0.15, -0.1) is 22.6 Å². The van der Waals surface area contributed by atoms with Crippen LogP contribution in [-0.2, 0) is 12.3 Å². The Morgan fingerprint density at radius 2 is 2.00 bits per heavy atom. The summed E-state index contributed by atoms with van der Waals surface area (Å²) >= 11 is 6.55. The van der Waals surface area contributed by atoms with Gasteiger partial charge in [0.05, 0.1) is 6.54 Å². The van der Waals surface area contributed by atoms with Crippen molar-refractivity contribution in [2.24, 2.45) is 0 Å². The summed E-state index contributed by atoms with van der Waals surface area (Å²) in [7, 11) is 4.05. The van der Waals surface area contributed by atoms with Gasteiger partial charge in [0.15, 0.2) is 0 Å². The van der Waals surface area contributed by atoms with E-state index in [4.69, 9.17) is 0 Å². The molecule has 1 aromatic carbocycles. The van der Waals surface area contributed by atoms with Gasteiger partial charge in [0.1, 0.15) is 5.03 Å². The Kier molecular flexibility index (Phi) is 8.28.